The van der Waals surface area contributed by atoms with Crippen molar-refractivity contribution in [1.82, 2.24) is 0 Å². The Morgan fingerprint density at radius 1 is 1.00 bits per heavy atom. The lowest BCUT2D eigenvalue weighted by molar-refractivity contribution is 0.0596. The normalized spacial score (nSPS) is 10.2. The second kappa shape index (κ2) is 7.09. The van der Waals surface area contributed by atoms with E-state index in [2.05, 4.69) is 0 Å². The minimum atomic E-state index is -0.349. The van der Waals surface area contributed by atoms with Gasteiger partial charge >= 0.3 is 5.97 Å². The van der Waals surface area contributed by atoms with Gasteiger partial charge in [-0.2, -0.15) is 0 Å². The van der Waals surface area contributed by atoms with Gasteiger partial charge in [0.25, 0.3) is 0 Å². The first-order valence-corrected chi connectivity index (χ1v) is 7.51. The molecule has 0 heterocycles. The Bertz CT molecular complexity index is 665. The average Bonchev–Trinajstić information content (AvgIpc) is 2.52. The third-order valence-electron chi connectivity index (χ3n) is 3.07. The largest absolute Gasteiger partial charge is 0.465 e. The molecule has 2 rings (SSSR count). The van der Waals surface area contributed by atoms with Gasteiger partial charge in [-0.25, -0.2) is 4.79 Å². The maximum Gasteiger partial charge on any atom is 0.338 e. The number of methoxy groups -OCH3 is 1. The van der Waals surface area contributed by atoms with Gasteiger partial charge in [0.15, 0.2) is 5.78 Å². The van der Waals surface area contributed by atoms with Gasteiger partial charge in [0, 0.05) is 16.2 Å². The molecule has 0 saturated carbocycles. The van der Waals surface area contributed by atoms with Crippen LogP contribution in [0.5, 0.6) is 0 Å². The lowest BCUT2D eigenvalue weighted by Crippen LogP contribution is -2.03. The van der Waals surface area contributed by atoms with Crippen LogP contribution < -0.4 is 0 Å². The number of Topliss-reactive ketones (excluding diaryl/α,β-unsaturated/α-hetero) is 1. The standard InChI is InChI=1S/C17H16O3S/c1-12(18)14-8-4-3-7-13(14)11-21-16-10-6-5-9-15(16)17(19)20-2/h3-10H,11H2,1-2H3. The van der Waals surface area contributed by atoms with Crippen LogP contribution in [-0.4, -0.2) is 18.9 Å². The molecule has 0 bridgehead atoms. The number of benzene rings is 2. The molecule has 21 heavy (non-hydrogen) atoms. The Morgan fingerprint density at radius 3 is 2.29 bits per heavy atom. The topological polar surface area (TPSA) is 43.4 Å². The van der Waals surface area contributed by atoms with E-state index in [-0.39, 0.29) is 11.8 Å². The fraction of sp³-hybridized carbons (Fsp3) is 0.176. The van der Waals surface area contributed by atoms with Crippen LogP contribution in [-0.2, 0) is 10.5 Å². The van der Waals surface area contributed by atoms with Gasteiger partial charge in [0.1, 0.15) is 0 Å². The third-order valence-corrected chi connectivity index (χ3v) is 4.19. The zero-order valence-electron chi connectivity index (χ0n) is 12.0. The lowest BCUT2D eigenvalue weighted by atomic mass is 10.1. The average molecular weight is 300 g/mol. The predicted octanol–water partition coefficient (Wildman–Crippen LogP) is 3.97. The van der Waals surface area contributed by atoms with Crippen LogP contribution >= 0.6 is 11.8 Å². The molecule has 0 aliphatic carbocycles. The zero-order chi connectivity index (χ0) is 15.2. The van der Waals surface area contributed by atoms with Crippen LogP contribution in [0.15, 0.2) is 53.4 Å². The summed E-state index contributed by atoms with van der Waals surface area (Å²) in [5.41, 5.74) is 2.24. The number of esters is 1. The monoisotopic (exact) mass is 300 g/mol. The van der Waals surface area contributed by atoms with Crippen LogP contribution in [0.1, 0.15) is 33.2 Å². The Balaban J connectivity index is 2.21. The fourth-order valence-electron chi connectivity index (χ4n) is 2.02. The van der Waals surface area contributed by atoms with Crippen molar-refractivity contribution in [2.24, 2.45) is 0 Å². The third kappa shape index (κ3) is 3.73. The first-order chi connectivity index (χ1) is 10.1. The Hall–Kier alpha value is -2.07. The van der Waals surface area contributed by atoms with Crippen LogP contribution in [0, 0.1) is 0 Å². The quantitative estimate of drug-likeness (QED) is 0.476. The van der Waals surface area contributed by atoms with Gasteiger partial charge in [-0.15, -0.1) is 11.8 Å². The molecule has 0 unspecified atom stereocenters. The minimum Gasteiger partial charge on any atom is -0.465 e. The highest BCUT2D eigenvalue weighted by Crippen LogP contribution is 2.28. The molecule has 0 fully saturated rings. The van der Waals surface area contributed by atoms with E-state index in [1.807, 2.05) is 36.4 Å². The van der Waals surface area contributed by atoms with Gasteiger partial charge in [0.05, 0.1) is 12.7 Å². The predicted molar refractivity (Wildman–Crippen MR) is 83.8 cm³/mol. The number of hydrogen-bond donors (Lipinski definition) is 0. The van der Waals surface area contributed by atoms with Gasteiger partial charge in [-0.05, 0) is 24.6 Å². The number of ketones is 1. The molecule has 0 radical (unpaired) electrons. The maximum atomic E-state index is 11.7. The van der Waals surface area contributed by atoms with E-state index in [0.717, 1.165) is 16.0 Å². The minimum absolute atomic E-state index is 0.0486. The molecule has 3 nitrogen and oxygen atoms in total. The smallest absolute Gasteiger partial charge is 0.338 e. The Morgan fingerprint density at radius 2 is 1.62 bits per heavy atom. The van der Waals surface area contributed by atoms with Crippen molar-refractivity contribution in [3.63, 3.8) is 0 Å². The second-order valence-corrected chi connectivity index (χ2v) is 5.51. The number of hydrogen-bond acceptors (Lipinski definition) is 4. The number of thioether (sulfide) groups is 1. The van der Waals surface area contributed by atoms with E-state index in [4.69, 9.17) is 4.74 Å². The van der Waals surface area contributed by atoms with Gasteiger partial charge in [-0.1, -0.05) is 36.4 Å². The summed E-state index contributed by atoms with van der Waals surface area (Å²) in [5.74, 6) is 0.328. The lowest BCUT2D eigenvalue weighted by Gasteiger charge is -2.09. The van der Waals surface area contributed by atoms with Gasteiger partial charge < -0.3 is 4.74 Å². The van der Waals surface area contributed by atoms with Crippen molar-refractivity contribution >= 4 is 23.5 Å². The molecule has 108 valence electrons. The van der Waals surface area contributed by atoms with Crippen molar-refractivity contribution < 1.29 is 14.3 Å². The van der Waals surface area contributed by atoms with Gasteiger partial charge in [-0.3, -0.25) is 4.79 Å². The summed E-state index contributed by atoms with van der Waals surface area (Å²) in [5, 5.41) is 0. The first-order valence-electron chi connectivity index (χ1n) is 6.52. The maximum absolute atomic E-state index is 11.7. The number of rotatable bonds is 5. The van der Waals surface area contributed by atoms with Gasteiger partial charge in [0.2, 0.25) is 0 Å². The van der Waals surface area contributed by atoms with E-state index < -0.39 is 0 Å². The van der Waals surface area contributed by atoms with Crippen molar-refractivity contribution in [2.75, 3.05) is 7.11 Å². The molecule has 4 heteroatoms. The summed E-state index contributed by atoms with van der Waals surface area (Å²) >= 11 is 1.52. The molecule has 0 atom stereocenters. The van der Waals surface area contributed by atoms with Crippen LogP contribution in [0.25, 0.3) is 0 Å². The SMILES string of the molecule is COC(=O)c1ccccc1SCc1ccccc1C(C)=O. The van der Waals surface area contributed by atoms with Crippen molar-refractivity contribution in [3.8, 4) is 0 Å². The summed E-state index contributed by atoms with van der Waals surface area (Å²) in [6, 6.07) is 14.8. The molecular formula is C17H16O3S. The van der Waals surface area contributed by atoms with E-state index in [1.54, 1.807) is 19.1 Å². The summed E-state index contributed by atoms with van der Waals surface area (Å²) in [7, 11) is 1.37. The molecule has 2 aromatic rings. The van der Waals surface area contributed by atoms with E-state index in [0.29, 0.717) is 11.3 Å². The van der Waals surface area contributed by atoms with E-state index in [1.165, 1.54) is 18.9 Å². The van der Waals surface area contributed by atoms with Crippen molar-refractivity contribution in [1.29, 1.82) is 0 Å². The highest BCUT2D eigenvalue weighted by molar-refractivity contribution is 7.98. The highest BCUT2D eigenvalue weighted by Gasteiger charge is 2.12. The van der Waals surface area contributed by atoms with Crippen LogP contribution in [0.2, 0.25) is 0 Å². The number of carbonyl (C=O) groups is 2. The summed E-state index contributed by atoms with van der Waals surface area (Å²) in [6.07, 6.45) is 0. The first kappa shape index (κ1) is 15.3. The molecule has 0 spiro atoms. The van der Waals surface area contributed by atoms with Crippen molar-refractivity contribution in [3.05, 3.63) is 65.2 Å². The van der Waals surface area contributed by atoms with E-state index >= 15 is 0 Å². The molecular weight excluding hydrogens is 284 g/mol. The molecule has 0 aliphatic rings. The number of carbonyl (C=O) groups excluding carboxylic acids is 2. The molecule has 0 saturated heterocycles. The summed E-state index contributed by atoms with van der Waals surface area (Å²) < 4.78 is 4.78. The highest BCUT2D eigenvalue weighted by atomic mass is 32.2. The van der Waals surface area contributed by atoms with Crippen LogP contribution in [0.3, 0.4) is 0 Å². The van der Waals surface area contributed by atoms with Crippen molar-refractivity contribution in [2.45, 2.75) is 17.6 Å². The Labute approximate surface area is 128 Å². The second-order valence-electron chi connectivity index (χ2n) is 4.49. The molecule has 2 aromatic carbocycles. The number of ether oxygens (including phenoxy) is 1. The molecule has 0 amide bonds. The molecule has 0 aromatic heterocycles. The molecule has 0 aliphatic heterocycles. The summed E-state index contributed by atoms with van der Waals surface area (Å²) in [6.45, 7) is 1.56. The van der Waals surface area contributed by atoms with E-state index in [9.17, 15) is 9.59 Å². The summed E-state index contributed by atoms with van der Waals surface area (Å²) in [4.78, 5) is 24.2. The fourth-order valence-corrected chi connectivity index (χ4v) is 3.06. The molecule has 0 N–H and O–H groups in total. The Kier molecular flexibility index (Phi) is 5.17. The zero-order valence-corrected chi connectivity index (χ0v) is 12.8. The van der Waals surface area contributed by atoms with Crippen LogP contribution in [0.4, 0.5) is 0 Å².